The van der Waals surface area contributed by atoms with Gasteiger partial charge in [0.1, 0.15) is 5.69 Å². The highest BCUT2D eigenvalue weighted by Gasteiger charge is 2.14. The molecule has 100 valence electrons. The summed E-state index contributed by atoms with van der Waals surface area (Å²) in [5, 5.41) is 8.62. The van der Waals surface area contributed by atoms with Gasteiger partial charge in [-0.3, -0.25) is 14.2 Å². The molecule has 0 fully saturated rings. The number of carbonyl (C=O) groups is 1. The summed E-state index contributed by atoms with van der Waals surface area (Å²) in [6.45, 7) is 2.56. The number of carbonyl (C=O) groups excluding carboxylic acids is 1. The Morgan fingerprint density at radius 1 is 1.47 bits per heavy atom. The van der Waals surface area contributed by atoms with Gasteiger partial charge < -0.3 is 0 Å². The van der Waals surface area contributed by atoms with Crippen LogP contribution in [0, 0.1) is 0 Å². The van der Waals surface area contributed by atoms with E-state index in [0.717, 1.165) is 0 Å². The first kappa shape index (κ1) is 14.0. The lowest BCUT2D eigenvalue weighted by atomic mass is 10.2. The Balaban J connectivity index is 2.29. The van der Waals surface area contributed by atoms with E-state index >= 15 is 0 Å². The molecule has 0 aliphatic heterocycles. The SMILES string of the molecule is CCn1ncc(Br)c1C(=O)/C=C/c1c(Cl)cnn1C. The number of ketones is 1. The zero-order valence-corrected chi connectivity index (χ0v) is 12.8. The highest BCUT2D eigenvalue weighted by atomic mass is 79.9. The molecule has 0 amide bonds. The maximum Gasteiger partial charge on any atom is 0.205 e. The molecule has 0 aliphatic rings. The number of halogens is 2. The molecule has 0 saturated carbocycles. The number of aryl methyl sites for hydroxylation is 2. The second-order valence-corrected chi connectivity index (χ2v) is 5.12. The van der Waals surface area contributed by atoms with Crippen LogP contribution in [0.25, 0.3) is 6.08 Å². The van der Waals surface area contributed by atoms with Gasteiger partial charge in [0.25, 0.3) is 0 Å². The van der Waals surface area contributed by atoms with Gasteiger partial charge in [0, 0.05) is 13.6 Å². The van der Waals surface area contributed by atoms with Gasteiger partial charge in [0.2, 0.25) is 5.78 Å². The zero-order chi connectivity index (χ0) is 14.0. The predicted octanol–water partition coefficient (Wildman–Crippen LogP) is 2.95. The van der Waals surface area contributed by atoms with Gasteiger partial charge in [-0.1, -0.05) is 11.6 Å². The Bertz CT molecular complexity index is 625. The van der Waals surface area contributed by atoms with Gasteiger partial charge in [-0.15, -0.1) is 0 Å². The van der Waals surface area contributed by atoms with Crippen molar-refractivity contribution in [2.75, 3.05) is 0 Å². The minimum Gasteiger partial charge on any atom is -0.288 e. The lowest BCUT2D eigenvalue weighted by Crippen LogP contribution is -2.08. The minimum absolute atomic E-state index is 0.136. The Kier molecular flexibility index (Phi) is 4.21. The van der Waals surface area contributed by atoms with E-state index in [1.54, 1.807) is 28.7 Å². The lowest BCUT2D eigenvalue weighted by Gasteiger charge is -2.01. The van der Waals surface area contributed by atoms with Gasteiger partial charge in [-0.2, -0.15) is 10.2 Å². The molecule has 0 N–H and O–H groups in total. The smallest absolute Gasteiger partial charge is 0.205 e. The first-order chi connectivity index (χ1) is 9.04. The maximum atomic E-state index is 12.2. The van der Waals surface area contributed by atoms with Crippen LogP contribution in [0.1, 0.15) is 23.1 Å². The molecule has 2 aromatic heterocycles. The second kappa shape index (κ2) is 5.71. The molecule has 0 saturated heterocycles. The van der Waals surface area contributed by atoms with E-state index in [2.05, 4.69) is 26.1 Å². The van der Waals surface area contributed by atoms with Crippen LogP contribution in [0.2, 0.25) is 5.02 Å². The van der Waals surface area contributed by atoms with Crippen molar-refractivity contribution in [1.29, 1.82) is 0 Å². The molecule has 0 unspecified atom stereocenters. The average molecular weight is 344 g/mol. The van der Waals surface area contributed by atoms with Crippen LogP contribution in [0.15, 0.2) is 22.9 Å². The van der Waals surface area contributed by atoms with E-state index < -0.39 is 0 Å². The summed E-state index contributed by atoms with van der Waals surface area (Å²) in [6, 6.07) is 0. The lowest BCUT2D eigenvalue weighted by molar-refractivity contribution is 0.103. The number of allylic oxidation sites excluding steroid dienone is 1. The van der Waals surface area contributed by atoms with Crippen LogP contribution in [0.5, 0.6) is 0 Å². The molecule has 5 nitrogen and oxygen atoms in total. The Morgan fingerprint density at radius 3 is 2.79 bits per heavy atom. The molecule has 2 aromatic rings. The van der Waals surface area contributed by atoms with E-state index in [9.17, 15) is 4.79 Å². The van der Waals surface area contributed by atoms with Gasteiger partial charge in [0.15, 0.2) is 0 Å². The van der Waals surface area contributed by atoms with E-state index in [-0.39, 0.29) is 5.78 Å². The zero-order valence-electron chi connectivity index (χ0n) is 10.5. The van der Waals surface area contributed by atoms with Gasteiger partial charge in [0.05, 0.1) is 27.6 Å². The second-order valence-electron chi connectivity index (χ2n) is 3.86. The fourth-order valence-corrected chi connectivity index (χ4v) is 2.41. The van der Waals surface area contributed by atoms with Crippen LogP contribution in [-0.2, 0) is 13.6 Å². The summed E-state index contributed by atoms with van der Waals surface area (Å²) in [7, 11) is 1.77. The number of aromatic nitrogens is 4. The van der Waals surface area contributed by atoms with Crippen molar-refractivity contribution < 1.29 is 4.79 Å². The topological polar surface area (TPSA) is 52.7 Å². The van der Waals surface area contributed by atoms with Crippen molar-refractivity contribution in [3.05, 3.63) is 39.4 Å². The molecule has 7 heteroatoms. The molecule has 0 aliphatic carbocycles. The number of rotatable bonds is 4. The van der Waals surface area contributed by atoms with Crippen LogP contribution >= 0.6 is 27.5 Å². The summed E-state index contributed by atoms with van der Waals surface area (Å²) < 4.78 is 3.93. The fraction of sp³-hybridized carbons (Fsp3) is 0.250. The van der Waals surface area contributed by atoms with E-state index in [1.807, 2.05) is 6.92 Å². The molecule has 0 atom stereocenters. The summed E-state index contributed by atoms with van der Waals surface area (Å²) >= 11 is 9.30. The van der Waals surface area contributed by atoms with Crippen molar-refractivity contribution in [1.82, 2.24) is 19.6 Å². The third kappa shape index (κ3) is 2.79. The van der Waals surface area contributed by atoms with E-state index in [1.165, 1.54) is 12.3 Å². The largest absolute Gasteiger partial charge is 0.288 e. The molecule has 0 radical (unpaired) electrons. The summed E-state index contributed by atoms with van der Waals surface area (Å²) in [5.41, 5.74) is 1.21. The van der Waals surface area contributed by atoms with Crippen LogP contribution in [-0.4, -0.2) is 25.3 Å². The molecule has 2 heterocycles. The van der Waals surface area contributed by atoms with Crippen molar-refractivity contribution in [3.8, 4) is 0 Å². The number of hydrogen-bond acceptors (Lipinski definition) is 3. The monoisotopic (exact) mass is 342 g/mol. The van der Waals surface area contributed by atoms with E-state index in [0.29, 0.717) is 27.4 Å². The third-order valence-electron chi connectivity index (χ3n) is 2.66. The standard InChI is InChI=1S/C12H12BrClN4O/c1-3-18-12(8(13)6-16-18)11(19)5-4-10-9(14)7-15-17(10)2/h4-7H,3H2,1-2H3/b5-4+. The van der Waals surface area contributed by atoms with Crippen LogP contribution < -0.4 is 0 Å². The van der Waals surface area contributed by atoms with Crippen molar-refractivity contribution in [2.24, 2.45) is 7.05 Å². The first-order valence-corrected chi connectivity index (χ1v) is 6.83. The van der Waals surface area contributed by atoms with Gasteiger partial charge >= 0.3 is 0 Å². The van der Waals surface area contributed by atoms with Crippen molar-refractivity contribution in [2.45, 2.75) is 13.5 Å². The Morgan fingerprint density at radius 2 is 2.21 bits per heavy atom. The molecular weight excluding hydrogens is 332 g/mol. The number of hydrogen-bond donors (Lipinski definition) is 0. The average Bonchev–Trinajstić information content (AvgIpc) is 2.91. The van der Waals surface area contributed by atoms with Gasteiger partial charge in [-0.25, -0.2) is 0 Å². The van der Waals surface area contributed by atoms with Crippen LogP contribution in [0.4, 0.5) is 0 Å². The Labute approximate surface area is 124 Å². The molecule has 0 bridgehead atoms. The highest BCUT2D eigenvalue weighted by molar-refractivity contribution is 9.10. The summed E-state index contributed by atoms with van der Waals surface area (Å²) in [6.07, 6.45) is 6.27. The maximum absolute atomic E-state index is 12.2. The number of nitrogens with zero attached hydrogens (tertiary/aromatic N) is 4. The normalized spacial score (nSPS) is 11.4. The first-order valence-electron chi connectivity index (χ1n) is 5.65. The predicted molar refractivity (Wildman–Crippen MR) is 77.2 cm³/mol. The summed E-state index contributed by atoms with van der Waals surface area (Å²) in [5.74, 6) is -0.136. The quantitative estimate of drug-likeness (QED) is 0.633. The van der Waals surface area contributed by atoms with Crippen LogP contribution in [0.3, 0.4) is 0 Å². The molecule has 0 aromatic carbocycles. The third-order valence-corrected chi connectivity index (χ3v) is 3.53. The molecule has 19 heavy (non-hydrogen) atoms. The molecule has 2 rings (SSSR count). The molecule has 0 spiro atoms. The minimum atomic E-state index is -0.136. The summed E-state index contributed by atoms with van der Waals surface area (Å²) in [4.78, 5) is 12.2. The van der Waals surface area contributed by atoms with Crippen molar-refractivity contribution in [3.63, 3.8) is 0 Å². The van der Waals surface area contributed by atoms with Gasteiger partial charge in [-0.05, 0) is 35.0 Å². The van der Waals surface area contributed by atoms with E-state index in [4.69, 9.17) is 11.6 Å². The highest BCUT2D eigenvalue weighted by Crippen LogP contribution is 2.19. The fourth-order valence-electron chi connectivity index (χ4n) is 1.69. The Hall–Kier alpha value is -1.40. The molecular formula is C12H12BrClN4O. The van der Waals surface area contributed by atoms with Crippen molar-refractivity contribution >= 4 is 39.4 Å².